The van der Waals surface area contributed by atoms with Crippen molar-refractivity contribution in [3.63, 3.8) is 0 Å². The van der Waals surface area contributed by atoms with Gasteiger partial charge in [-0.2, -0.15) is 0 Å². The van der Waals surface area contributed by atoms with Gasteiger partial charge in [-0.3, -0.25) is 0 Å². The maximum Gasteiger partial charge on any atom is 0.0495 e. The summed E-state index contributed by atoms with van der Waals surface area (Å²) in [5.74, 6) is 0.748. The lowest BCUT2D eigenvalue weighted by molar-refractivity contribution is 0.109. The van der Waals surface area contributed by atoms with Crippen molar-refractivity contribution in [3.05, 3.63) is 0 Å². The van der Waals surface area contributed by atoms with E-state index in [1.54, 1.807) is 0 Å². The van der Waals surface area contributed by atoms with Gasteiger partial charge in [0, 0.05) is 12.0 Å². The first-order valence-corrected chi connectivity index (χ1v) is 6.15. The molecular formula is C13H26O. The molecule has 0 bridgehead atoms. The molecule has 1 aliphatic rings. The van der Waals surface area contributed by atoms with Gasteiger partial charge in [0.05, 0.1) is 0 Å². The lowest BCUT2D eigenvalue weighted by atomic mass is 9.78. The van der Waals surface area contributed by atoms with Crippen molar-refractivity contribution in [2.75, 3.05) is 6.61 Å². The molecule has 1 N–H and O–H groups in total. The van der Waals surface area contributed by atoms with Gasteiger partial charge < -0.3 is 5.11 Å². The molecule has 1 saturated carbocycles. The second-order valence-corrected chi connectivity index (χ2v) is 5.65. The Kier molecular flexibility index (Phi) is 3.63. The molecule has 0 amide bonds. The monoisotopic (exact) mass is 198 g/mol. The molecule has 0 aromatic heterocycles. The summed E-state index contributed by atoms with van der Waals surface area (Å²) in [7, 11) is 0. The van der Waals surface area contributed by atoms with E-state index in [0.717, 1.165) is 5.92 Å². The van der Waals surface area contributed by atoms with Gasteiger partial charge in [0.15, 0.2) is 0 Å². The summed E-state index contributed by atoms with van der Waals surface area (Å²) in [6.07, 6.45) is 6.31. The zero-order chi connectivity index (χ0) is 10.8. The molecule has 0 aromatic carbocycles. The molecule has 0 aromatic rings. The second kappa shape index (κ2) is 4.22. The Labute approximate surface area is 88.9 Å². The van der Waals surface area contributed by atoms with Gasteiger partial charge >= 0.3 is 0 Å². The Morgan fingerprint density at radius 3 is 1.79 bits per heavy atom. The number of hydrogen-bond donors (Lipinski definition) is 1. The Morgan fingerprint density at radius 2 is 1.57 bits per heavy atom. The number of hydrogen-bond acceptors (Lipinski definition) is 1. The summed E-state index contributed by atoms with van der Waals surface area (Å²) >= 11 is 0. The van der Waals surface area contributed by atoms with Gasteiger partial charge in [-0.05, 0) is 17.8 Å². The fourth-order valence-corrected chi connectivity index (χ4v) is 3.23. The van der Waals surface area contributed by atoms with Gasteiger partial charge in [-0.1, -0.05) is 53.4 Å². The minimum atomic E-state index is 0.263. The van der Waals surface area contributed by atoms with Crippen LogP contribution in [0.4, 0.5) is 0 Å². The zero-order valence-electron chi connectivity index (χ0n) is 10.3. The van der Waals surface area contributed by atoms with Crippen molar-refractivity contribution >= 4 is 0 Å². The van der Waals surface area contributed by atoms with E-state index in [1.807, 2.05) is 0 Å². The summed E-state index contributed by atoms with van der Waals surface area (Å²) in [5.41, 5.74) is 0.649. The predicted molar refractivity (Wildman–Crippen MR) is 61.2 cm³/mol. The fourth-order valence-electron chi connectivity index (χ4n) is 3.23. The number of aliphatic hydroxyl groups is 1. The van der Waals surface area contributed by atoms with Gasteiger partial charge in [-0.15, -0.1) is 0 Å². The Hall–Kier alpha value is -0.0400. The highest BCUT2D eigenvalue weighted by Crippen LogP contribution is 2.68. The van der Waals surface area contributed by atoms with E-state index in [9.17, 15) is 5.11 Å². The first kappa shape index (κ1) is 12.0. The second-order valence-electron chi connectivity index (χ2n) is 5.65. The SMILES string of the molecule is CCCC(CCC)C1(CO)CC1(C)C. The molecule has 0 saturated heterocycles. The highest BCUT2D eigenvalue weighted by Gasteiger charge is 2.63. The summed E-state index contributed by atoms with van der Waals surface area (Å²) < 4.78 is 0. The van der Waals surface area contributed by atoms with Crippen LogP contribution in [0.2, 0.25) is 0 Å². The topological polar surface area (TPSA) is 20.2 Å². The smallest absolute Gasteiger partial charge is 0.0495 e. The van der Waals surface area contributed by atoms with Gasteiger partial charge in [-0.25, -0.2) is 0 Å². The molecule has 1 aliphatic carbocycles. The minimum Gasteiger partial charge on any atom is -0.396 e. The molecule has 1 atom stereocenters. The molecule has 1 unspecified atom stereocenters. The molecule has 0 aliphatic heterocycles. The van der Waals surface area contributed by atoms with Crippen molar-refractivity contribution in [2.24, 2.45) is 16.7 Å². The van der Waals surface area contributed by atoms with Crippen LogP contribution in [0.5, 0.6) is 0 Å². The summed E-state index contributed by atoms with van der Waals surface area (Å²) in [6.45, 7) is 9.51. The van der Waals surface area contributed by atoms with E-state index in [2.05, 4.69) is 27.7 Å². The molecule has 0 heterocycles. The van der Waals surface area contributed by atoms with Crippen molar-refractivity contribution in [1.29, 1.82) is 0 Å². The summed E-state index contributed by atoms with van der Waals surface area (Å²) in [5, 5.41) is 9.62. The van der Waals surface area contributed by atoms with E-state index in [0.29, 0.717) is 12.0 Å². The van der Waals surface area contributed by atoms with E-state index in [-0.39, 0.29) is 5.41 Å². The average molecular weight is 198 g/mol. The van der Waals surface area contributed by atoms with Crippen LogP contribution >= 0.6 is 0 Å². The van der Waals surface area contributed by atoms with Crippen LogP contribution in [0.3, 0.4) is 0 Å². The van der Waals surface area contributed by atoms with E-state index in [1.165, 1.54) is 32.1 Å². The Bertz CT molecular complexity index is 180. The molecule has 1 fully saturated rings. The third-order valence-corrected chi connectivity index (χ3v) is 4.32. The van der Waals surface area contributed by atoms with Gasteiger partial charge in [0.2, 0.25) is 0 Å². The first-order chi connectivity index (χ1) is 6.54. The molecule has 14 heavy (non-hydrogen) atoms. The van der Waals surface area contributed by atoms with Crippen LogP contribution in [0, 0.1) is 16.7 Å². The third-order valence-electron chi connectivity index (χ3n) is 4.32. The van der Waals surface area contributed by atoms with Crippen LogP contribution in [0.15, 0.2) is 0 Å². The van der Waals surface area contributed by atoms with Gasteiger partial charge in [0.25, 0.3) is 0 Å². The third kappa shape index (κ3) is 1.84. The normalized spacial score (nSPS) is 29.6. The highest BCUT2D eigenvalue weighted by atomic mass is 16.3. The van der Waals surface area contributed by atoms with Crippen LogP contribution in [0.25, 0.3) is 0 Å². The highest BCUT2D eigenvalue weighted by molar-refractivity contribution is 5.12. The molecule has 1 rings (SSSR count). The molecule has 84 valence electrons. The fraction of sp³-hybridized carbons (Fsp3) is 1.00. The van der Waals surface area contributed by atoms with Crippen LogP contribution in [0.1, 0.15) is 59.8 Å². The minimum absolute atomic E-state index is 0.263. The molecule has 1 heteroatoms. The molecule has 0 radical (unpaired) electrons. The molecule has 0 spiro atoms. The maximum atomic E-state index is 9.62. The maximum absolute atomic E-state index is 9.62. The van der Waals surface area contributed by atoms with Crippen molar-refractivity contribution in [1.82, 2.24) is 0 Å². The predicted octanol–water partition coefficient (Wildman–Crippen LogP) is 3.61. The van der Waals surface area contributed by atoms with Crippen LogP contribution < -0.4 is 0 Å². The van der Waals surface area contributed by atoms with Crippen molar-refractivity contribution in [3.8, 4) is 0 Å². The summed E-state index contributed by atoms with van der Waals surface area (Å²) in [4.78, 5) is 0. The zero-order valence-corrected chi connectivity index (χ0v) is 10.3. The quantitative estimate of drug-likeness (QED) is 0.691. The lowest BCUT2D eigenvalue weighted by Crippen LogP contribution is -2.25. The Balaban J connectivity index is 2.66. The van der Waals surface area contributed by atoms with E-state index in [4.69, 9.17) is 0 Å². The van der Waals surface area contributed by atoms with Crippen LogP contribution in [-0.2, 0) is 0 Å². The van der Waals surface area contributed by atoms with Crippen molar-refractivity contribution < 1.29 is 5.11 Å². The summed E-state index contributed by atoms with van der Waals surface area (Å²) in [6, 6.07) is 0. The van der Waals surface area contributed by atoms with Crippen molar-refractivity contribution in [2.45, 2.75) is 59.8 Å². The molecular weight excluding hydrogens is 172 g/mol. The standard InChI is InChI=1S/C13H26O/c1-5-7-11(8-6-2)13(10-14)9-12(13,3)4/h11,14H,5-10H2,1-4H3. The number of rotatable bonds is 6. The van der Waals surface area contributed by atoms with Gasteiger partial charge in [0.1, 0.15) is 0 Å². The first-order valence-electron chi connectivity index (χ1n) is 6.15. The Morgan fingerprint density at radius 1 is 1.14 bits per heavy atom. The number of aliphatic hydroxyl groups excluding tert-OH is 1. The van der Waals surface area contributed by atoms with Crippen LogP contribution in [-0.4, -0.2) is 11.7 Å². The lowest BCUT2D eigenvalue weighted by Gasteiger charge is -2.28. The largest absolute Gasteiger partial charge is 0.396 e. The average Bonchev–Trinajstić information content (AvgIpc) is 2.70. The van der Waals surface area contributed by atoms with E-state index >= 15 is 0 Å². The van der Waals surface area contributed by atoms with E-state index < -0.39 is 0 Å². The molecule has 1 nitrogen and oxygen atoms in total.